The quantitative estimate of drug-likeness (QED) is 0.614. The Morgan fingerprint density at radius 1 is 1.03 bits per heavy atom. The first-order valence-corrected chi connectivity index (χ1v) is 12.5. The first-order chi connectivity index (χ1) is 16.4. The zero-order valence-corrected chi connectivity index (χ0v) is 20.2. The minimum Gasteiger partial charge on any atom is -0.342 e. The second kappa shape index (κ2) is 9.18. The minimum absolute atomic E-state index is 0.0115. The van der Waals surface area contributed by atoms with Crippen LogP contribution in [-0.4, -0.2) is 47.2 Å². The summed E-state index contributed by atoms with van der Waals surface area (Å²) in [7, 11) is 0. The predicted octanol–water partition coefficient (Wildman–Crippen LogP) is 4.14. The van der Waals surface area contributed by atoms with Gasteiger partial charge in [0.05, 0.1) is 16.1 Å². The number of para-hydroxylation sites is 1. The van der Waals surface area contributed by atoms with Crippen LogP contribution in [0.2, 0.25) is 0 Å². The van der Waals surface area contributed by atoms with Crippen LogP contribution in [0.25, 0.3) is 10.2 Å². The summed E-state index contributed by atoms with van der Waals surface area (Å²) in [5.74, 6) is -0.506. The van der Waals surface area contributed by atoms with Crippen molar-refractivity contribution >= 4 is 50.1 Å². The van der Waals surface area contributed by atoms with Crippen molar-refractivity contribution in [1.82, 2.24) is 9.88 Å². The van der Waals surface area contributed by atoms with Crippen molar-refractivity contribution in [2.45, 2.75) is 33.1 Å². The van der Waals surface area contributed by atoms with Crippen LogP contribution in [0.5, 0.6) is 0 Å². The number of hydrogen-bond acceptors (Lipinski definition) is 5. The number of benzene rings is 2. The van der Waals surface area contributed by atoms with Crippen molar-refractivity contribution in [2.24, 2.45) is 11.8 Å². The number of carbonyl (C=O) groups excluding carboxylic acids is 3. The number of nitrogens with zero attached hydrogens (tertiary/aromatic N) is 3. The van der Waals surface area contributed by atoms with Crippen molar-refractivity contribution in [1.29, 1.82) is 0 Å². The summed E-state index contributed by atoms with van der Waals surface area (Å²) in [6.07, 6.45) is 1.47. The summed E-state index contributed by atoms with van der Waals surface area (Å²) in [6.45, 7) is 5.50. The van der Waals surface area contributed by atoms with Gasteiger partial charge < -0.3 is 15.1 Å². The molecule has 0 bridgehead atoms. The molecule has 1 aromatic heterocycles. The molecule has 0 spiro atoms. The summed E-state index contributed by atoms with van der Waals surface area (Å²) in [6, 6.07) is 13.8. The Morgan fingerprint density at radius 2 is 1.76 bits per heavy atom. The van der Waals surface area contributed by atoms with E-state index in [0.717, 1.165) is 27.0 Å². The van der Waals surface area contributed by atoms with Crippen LogP contribution in [0.4, 0.5) is 10.8 Å². The number of thiazole rings is 1. The predicted molar refractivity (Wildman–Crippen MR) is 134 cm³/mol. The highest BCUT2D eigenvalue weighted by Crippen LogP contribution is 2.30. The van der Waals surface area contributed by atoms with Crippen LogP contribution in [0, 0.1) is 25.7 Å². The van der Waals surface area contributed by atoms with Crippen LogP contribution < -0.4 is 10.2 Å². The molecule has 176 valence electrons. The highest BCUT2D eigenvalue weighted by molar-refractivity contribution is 7.22. The summed E-state index contributed by atoms with van der Waals surface area (Å²) < 4.78 is 1.06. The Hall–Kier alpha value is -3.26. The number of piperidine rings is 1. The van der Waals surface area contributed by atoms with Gasteiger partial charge in [0, 0.05) is 37.7 Å². The summed E-state index contributed by atoms with van der Waals surface area (Å²) >= 11 is 1.48. The fraction of sp³-hybridized carbons (Fsp3) is 0.385. The van der Waals surface area contributed by atoms with E-state index in [1.807, 2.05) is 61.2 Å². The third kappa shape index (κ3) is 4.42. The maximum absolute atomic E-state index is 13.1. The molecular formula is C26H28N4O3S. The van der Waals surface area contributed by atoms with Gasteiger partial charge in [-0.15, -0.1) is 0 Å². The van der Waals surface area contributed by atoms with Gasteiger partial charge in [-0.3, -0.25) is 14.4 Å². The molecule has 8 heteroatoms. The van der Waals surface area contributed by atoms with Gasteiger partial charge in [-0.2, -0.15) is 0 Å². The number of carbonyl (C=O) groups is 3. The summed E-state index contributed by atoms with van der Waals surface area (Å²) in [5, 5.41) is 3.59. The molecular weight excluding hydrogens is 448 g/mol. The highest BCUT2D eigenvalue weighted by atomic mass is 32.1. The zero-order valence-electron chi connectivity index (χ0n) is 19.4. The molecule has 3 aromatic rings. The van der Waals surface area contributed by atoms with E-state index >= 15 is 0 Å². The fourth-order valence-electron chi connectivity index (χ4n) is 4.81. The van der Waals surface area contributed by atoms with Crippen molar-refractivity contribution in [2.75, 3.05) is 29.9 Å². The molecule has 1 unspecified atom stereocenters. The van der Waals surface area contributed by atoms with E-state index in [1.54, 1.807) is 4.90 Å². The number of fused-ring (bicyclic) bond motifs is 1. The van der Waals surface area contributed by atoms with Crippen LogP contribution in [-0.2, 0) is 14.4 Å². The number of aryl methyl sites for hydroxylation is 2. The molecule has 3 heterocycles. The molecule has 5 rings (SSSR count). The molecule has 2 aromatic carbocycles. The monoisotopic (exact) mass is 476 g/mol. The Balaban J connectivity index is 1.16. The van der Waals surface area contributed by atoms with Crippen LogP contribution in [0.3, 0.4) is 0 Å². The third-order valence-electron chi connectivity index (χ3n) is 6.85. The smallest absolute Gasteiger partial charge is 0.229 e. The van der Waals surface area contributed by atoms with Gasteiger partial charge in [0.15, 0.2) is 5.13 Å². The van der Waals surface area contributed by atoms with E-state index in [4.69, 9.17) is 0 Å². The Kier molecular flexibility index (Phi) is 6.08. The molecule has 34 heavy (non-hydrogen) atoms. The van der Waals surface area contributed by atoms with Crippen molar-refractivity contribution in [3.8, 4) is 0 Å². The lowest BCUT2D eigenvalue weighted by atomic mass is 9.94. The van der Waals surface area contributed by atoms with E-state index < -0.39 is 0 Å². The van der Waals surface area contributed by atoms with Gasteiger partial charge in [0.25, 0.3) is 0 Å². The standard InChI is InChI=1S/C26H28N4O3S/c1-16-6-8-20(9-7-16)30-15-19(14-22(30)31)25(33)29-12-10-18(11-13-29)24(32)28-26-27-23-17(2)4-3-5-21(23)34-26/h3-9,18-19H,10-15H2,1-2H3,(H,27,28,32). The van der Waals surface area contributed by atoms with Gasteiger partial charge in [0.2, 0.25) is 17.7 Å². The molecule has 1 N–H and O–H groups in total. The number of rotatable bonds is 4. The van der Waals surface area contributed by atoms with E-state index in [-0.39, 0.29) is 36.0 Å². The molecule has 0 saturated carbocycles. The average Bonchev–Trinajstić information content (AvgIpc) is 3.43. The van der Waals surface area contributed by atoms with Gasteiger partial charge in [-0.05, 0) is 50.5 Å². The second-order valence-corrected chi connectivity index (χ2v) is 10.3. The topological polar surface area (TPSA) is 82.6 Å². The number of aromatic nitrogens is 1. The number of anilines is 2. The molecule has 0 aliphatic carbocycles. The van der Waals surface area contributed by atoms with E-state index in [2.05, 4.69) is 10.3 Å². The average molecular weight is 477 g/mol. The molecule has 2 aliphatic heterocycles. The number of hydrogen-bond donors (Lipinski definition) is 1. The second-order valence-electron chi connectivity index (χ2n) is 9.27. The summed E-state index contributed by atoms with van der Waals surface area (Å²) in [5.41, 5.74) is 3.99. The molecule has 2 aliphatic rings. The number of nitrogens with one attached hydrogen (secondary N) is 1. The van der Waals surface area contributed by atoms with Gasteiger partial charge in [-0.1, -0.05) is 41.2 Å². The molecule has 1 atom stereocenters. The van der Waals surface area contributed by atoms with Gasteiger partial charge in [0.1, 0.15) is 0 Å². The summed E-state index contributed by atoms with van der Waals surface area (Å²) in [4.78, 5) is 46.6. The Bertz CT molecular complexity index is 1240. The molecule has 7 nitrogen and oxygen atoms in total. The van der Waals surface area contributed by atoms with E-state index in [9.17, 15) is 14.4 Å². The fourth-order valence-corrected chi connectivity index (χ4v) is 5.76. The maximum atomic E-state index is 13.1. The first-order valence-electron chi connectivity index (χ1n) is 11.7. The zero-order chi connectivity index (χ0) is 23.8. The van der Waals surface area contributed by atoms with Crippen LogP contribution >= 0.6 is 11.3 Å². The van der Waals surface area contributed by atoms with Crippen molar-refractivity contribution in [3.05, 3.63) is 53.6 Å². The van der Waals surface area contributed by atoms with Crippen LogP contribution in [0.15, 0.2) is 42.5 Å². The SMILES string of the molecule is Cc1ccc(N2CC(C(=O)N3CCC(C(=O)Nc4nc5c(C)cccc5s4)CC3)CC2=O)cc1. The number of likely N-dealkylation sites (tertiary alicyclic amines) is 1. The van der Waals surface area contributed by atoms with Crippen molar-refractivity contribution in [3.63, 3.8) is 0 Å². The molecule has 3 amide bonds. The van der Waals surface area contributed by atoms with Gasteiger partial charge in [-0.25, -0.2) is 4.98 Å². The largest absolute Gasteiger partial charge is 0.342 e. The lowest BCUT2D eigenvalue weighted by molar-refractivity contribution is -0.138. The normalized spacial score (nSPS) is 19.1. The lowest BCUT2D eigenvalue weighted by Crippen LogP contribution is -2.44. The Labute approximate surface area is 202 Å². The minimum atomic E-state index is -0.329. The van der Waals surface area contributed by atoms with E-state index in [0.29, 0.717) is 37.6 Å². The van der Waals surface area contributed by atoms with E-state index in [1.165, 1.54) is 11.3 Å². The van der Waals surface area contributed by atoms with Gasteiger partial charge >= 0.3 is 0 Å². The molecule has 2 fully saturated rings. The van der Waals surface area contributed by atoms with Crippen molar-refractivity contribution < 1.29 is 14.4 Å². The Morgan fingerprint density at radius 3 is 2.47 bits per heavy atom. The molecule has 2 saturated heterocycles. The number of amides is 3. The lowest BCUT2D eigenvalue weighted by Gasteiger charge is -2.32. The first kappa shape index (κ1) is 22.5. The maximum Gasteiger partial charge on any atom is 0.229 e. The molecule has 0 radical (unpaired) electrons. The third-order valence-corrected chi connectivity index (χ3v) is 7.78. The highest BCUT2D eigenvalue weighted by Gasteiger charge is 2.38. The van der Waals surface area contributed by atoms with Crippen LogP contribution in [0.1, 0.15) is 30.4 Å².